The summed E-state index contributed by atoms with van der Waals surface area (Å²) in [4.78, 5) is 4.41. The zero-order valence-corrected chi connectivity index (χ0v) is 13.1. The van der Waals surface area contributed by atoms with Gasteiger partial charge in [0.15, 0.2) is 0 Å². The van der Waals surface area contributed by atoms with Crippen LogP contribution in [0.25, 0.3) is 0 Å². The van der Waals surface area contributed by atoms with Crippen molar-refractivity contribution in [2.75, 3.05) is 7.11 Å². The Morgan fingerprint density at radius 3 is 2.55 bits per heavy atom. The molecular weight excluding hydrogens is 316 g/mol. The Hall–Kier alpha value is -1.86. The van der Waals surface area contributed by atoms with Gasteiger partial charge in [-0.3, -0.25) is 4.98 Å². The third-order valence-electron chi connectivity index (χ3n) is 3.20. The Morgan fingerprint density at radius 2 is 1.95 bits per heavy atom. The van der Waals surface area contributed by atoms with Gasteiger partial charge in [0.05, 0.1) is 22.8 Å². The second kappa shape index (κ2) is 6.53. The second-order valence-electron chi connectivity index (χ2n) is 4.54. The largest absolute Gasteiger partial charge is 0.497 e. The molecule has 0 saturated carbocycles. The van der Waals surface area contributed by atoms with Crippen LogP contribution in [-0.4, -0.2) is 12.1 Å². The van der Waals surface area contributed by atoms with Gasteiger partial charge in [0.25, 0.3) is 0 Å². The molecule has 3 nitrogen and oxygen atoms in total. The highest BCUT2D eigenvalue weighted by Crippen LogP contribution is 2.23. The third-order valence-corrected chi connectivity index (χ3v) is 4.06. The number of rotatable bonds is 4. The molecule has 0 fully saturated rings. The molecular formula is C16H15BrN2O. The number of nitriles is 1. The molecule has 20 heavy (non-hydrogen) atoms. The van der Waals surface area contributed by atoms with E-state index in [0.29, 0.717) is 5.56 Å². The summed E-state index contributed by atoms with van der Waals surface area (Å²) in [6.45, 7) is 1.89. The molecule has 2 aromatic rings. The van der Waals surface area contributed by atoms with Crippen LogP contribution in [-0.2, 0) is 12.8 Å². The number of aromatic nitrogens is 1. The maximum Gasteiger partial charge on any atom is 0.118 e. The number of methoxy groups -OCH3 is 1. The fraction of sp³-hybridized carbons (Fsp3) is 0.250. The molecule has 1 heterocycles. The van der Waals surface area contributed by atoms with Crippen LogP contribution in [0.2, 0.25) is 0 Å². The molecule has 1 aromatic carbocycles. The first-order valence-electron chi connectivity index (χ1n) is 6.32. The van der Waals surface area contributed by atoms with Gasteiger partial charge in [0.1, 0.15) is 11.8 Å². The van der Waals surface area contributed by atoms with Gasteiger partial charge in [-0.15, -0.1) is 0 Å². The van der Waals surface area contributed by atoms with Crippen molar-refractivity contribution in [2.24, 2.45) is 0 Å². The van der Waals surface area contributed by atoms with Crippen LogP contribution in [0.4, 0.5) is 0 Å². The van der Waals surface area contributed by atoms with Gasteiger partial charge in [-0.1, -0.05) is 12.1 Å². The lowest BCUT2D eigenvalue weighted by Crippen LogP contribution is -1.99. The van der Waals surface area contributed by atoms with Crippen LogP contribution in [0.3, 0.4) is 0 Å². The summed E-state index contributed by atoms with van der Waals surface area (Å²) in [6.07, 6.45) is 3.43. The number of hydrogen-bond acceptors (Lipinski definition) is 3. The van der Waals surface area contributed by atoms with Crippen molar-refractivity contribution in [2.45, 2.75) is 19.8 Å². The van der Waals surface area contributed by atoms with Crippen molar-refractivity contribution < 1.29 is 4.74 Å². The first-order valence-corrected chi connectivity index (χ1v) is 7.12. The third kappa shape index (κ3) is 3.17. The fourth-order valence-electron chi connectivity index (χ4n) is 1.98. The normalized spacial score (nSPS) is 10.1. The summed E-state index contributed by atoms with van der Waals surface area (Å²) < 4.78 is 5.95. The molecule has 0 spiro atoms. The molecule has 0 amide bonds. The van der Waals surface area contributed by atoms with Crippen LogP contribution in [0, 0.1) is 18.3 Å². The summed E-state index contributed by atoms with van der Waals surface area (Å²) in [7, 11) is 1.66. The van der Waals surface area contributed by atoms with E-state index >= 15 is 0 Å². The van der Waals surface area contributed by atoms with E-state index in [1.54, 1.807) is 13.3 Å². The van der Waals surface area contributed by atoms with E-state index in [0.717, 1.165) is 34.3 Å². The van der Waals surface area contributed by atoms with Crippen molar-refractivity contribution in [3.8, 4) is 11.8 Å². The molecule has 0 aliphatic carbocycles. The highest BCUT2D eigenvalue weighted by Gasteiger charge is 2.10. The van der Waals surface area contributed by atoms with E-state index in [-0.39, 0.29) is 0 Å². The number of hydrogen-bond donors (Lipinski definition) is 0. The Bertz CT molecular complexity index is 645. The minimum absolute atomic E-state index is 0.671. The maximum atomic E-state index is 9.14. The van der Waals surface area contributed by atoms with Gasteiger partial charge < -0.3 is 4.74 Å². The first kappa shape index (κ1) is 14.5. The summed E-state index contributed by atoms with van der Waals surface area (Å²) in [5.41, 5.74) is 3.71. The molecule has 0 aliphatic rings. The van der Waals surface area contributed by atoms with Crippen LogP contribution in [0.15, 0.2) is 34.9 Å². The molecule has 0 aliphatic heterocycles. The number of ether oxygens (including phenoxy) is 1. The van der Waals surface area contributed by atoms with Crippen LogP contribution >= 0.6 is 15.9 Å². The van der Waals surface area contributed by atoms with Crippen LogP contribution in [0.1, 0.15) is 22.4 Å². The van der Waals surface area contributed by atoms with Crippen LogP contribution in [0.5, 0.6) is 5.75 Å². The van der Waals surface area contributed by atoms with Crippen LogP contribution < -0.4 is 4.74 Å². The first-order chi connectivity index (χ1) is 9.65. The van der Waals surface area contributed by atoms with Crippen molar-refractivity contribution >= 4 is 15.9 Å². The molecule has 4 heteroatoms. The Balaban J connectivity index is 2.13. The summed E-state index contributed by atoms with van der Waals surface area (Å²) in [5.74, 6) is 0.857. The Labute approximate surface area is 127 Å². The maximum absolute atomic E-state index is 9.14. The smallest absolute Gasteiger partial charge is 0.118 e. The van der Waals surface area contributed by atoms with Gasteiger partial charge in [-0.2, -0.15) is 5.26 Å². The molecule has 0 N–H and O–H groups in total. The van der Waals surface area contributed by atoms with E-state index in [9.17, 15) is 0 Å². The van der Waals surface area contributed by atoms with E-state index < -0.39 is 0 Å². The highest BCUT2D eigenvalue weighted by atomic mass is 79.9. The number of aryl methyl sites for hydroxylation is 3. The number of nitrogens with zero attached hydrogens (tertiary/aromatic N) is 2. The predicted molar refractivity (Wildman–Crippen MR) is 81.8 cm³/mol. The van der Waals surface area contributed by atoms with Gasteiger partial charge in [0, 0.05) is 6.20 Å². The average Bonchev–Trinajstić information content (AvgIpc) is 2.47. The Morgan fingerprint density at radius 1 is 1.25 bits per heavy atom. The van der Waals surface area contributed by atoms with Gasteiger partial charge in [0.2, 0.25) is 0 Å². The SMILES string of the molecule is COc1ccc(CCc2ncc(C)c(C#N)c2Br)cc1. The molecule has 102 valence electrons. The number of halogens is 1. The van der Waals surface area contributed by atoms with Crippen molar-refractivity contribution in [3.05, 3.63) is 57.3 Å². The lowest BCUT2D eigenvalue weighted by molar-refractivity contribution is 0.414. The minimum Gasteiger partial charge on any atom is -0.497 e. The topological polar surface area (TPSA) is 45.9 Å². The molecule has 0 unspecified atom stereocenters. The molecule has 0 saturated heterocycles. The lowest BCUT2D eigenvalue weighted by atomic mass is 10.1. The van der Waals surface area contributed by atoms with Crippen molar-refractivity contribution in [1.29, 1.82) is 5.26 Å². The average molecular weight is 331 g/mol. The molecule has 0 radical (unpaired) electrons. The lowest BCUT2D eigenvalue weighted by Gasteiger charge is -2.08. The molecule has 0 bridgehead atoms. The van der Waals surface area contributed by atoms with E-state index in [1.807, 2.05) is 31.2 Å². The number of benzene rings is 1. The molecule has 2 rings (SSSR count). The predicted octanol–water partition coefficient (Wildman–Crippen LogP) is 3.82. The quantitative estimate of drug-likeness (QED) is 0.856. The minimum atomic E-state index is 0.671. The standard InChI is InChI=1S/C16H15BrN2O/c1-11-10-19-15(16(17)14(11)9-18)8-5-12-3-6-13(20-2)7-4-12/h3-4,6-7,10H,5,8H2,1-2H3. The van der Waals surface area contributed by atoms with E-state index in [1.165, 1.54) is 5.56 Å². The van der Waals surface area contributed by atoms with Crippen molar-refractivity contribution in [1.82, 2.24) is 4.98 Å². The summed E-state index contributed by atoms with van der Waals surface area (Å²) >= 11 is 3.48. The Kier molecular flexibility index (Phi) is 4.75. The number of pyridine rings is 1. The van der Waals surface area contributed by atoms with Crippen molar-refractivity contribution in [3.63, 3.8) is 0 Å². The zero-order chi connectivity index (χ0) is 14.5. The van der Waals surface area contributed by atoms with Gasteiger partial charge >= 0.3 is 0 Å². The van der Waals surface area contributed by atoms with E-state index in [2.05, 4.69) is 27.0 Å². The van der Waals surface area contributed by atoms with E-state index in [4.69, 9.17) is 10.00 Å². The summed E-state index contributed by atoms with van der Waals surface area (Å²) in [6, 6.07) is 10.2. The van der Waals surface area contributed by atoms with Gasteiger partial charge in [-0.25, -0.2) is 0 Å². The second-order valence-corrected chi connectivity index (χ2v) is 5.33. The molecule has 1 aromatic heterocycles. The highest BCUT2D eigenvalue weighted by molar-refractivity contribution is 9.10. The van der Waals surface area contributed by atoms with Gasteiger partial charge in [-0.05, 0) is 59.0 Å². The fourth-order valence-corrected chi connectivity index (χ4v) is 2.68. The zero-order valence-electron chi connectivity index (χ0n) is 11.5. The molecule has 0 atom stereocenters. The summed E-state index contributed by atoms with van der Waals surface area (Å²) in [5, 5.41) is 9.14. The monoisotopic (exact) mass is 330 g/mol.